The summed E-state index contributed by atoms with van der Waals surface area (Å²) in [5.74, 6) is -10.5. The van der Waals surface area contributed by atoms with Gasteiger partial charge in [-0.15, -0.1) is 0 Å². The zero-order valence-electron chi connectivity index (χ0n) is 8.35. The van der Waals surface area contributed by atoms with Crippen molar-refractivity contribution in [2.75, 3.05) is 0 Å². The highest BCUT2D eigenvalue weighted by molar-refractivity contribution is 5.87. The van der Waals surface area contributed by atoms with Crippen LogP contribution in [0, 0.1) is 41.8 Å². The lowest BCUT2D eigenvalue weighted by Crippen LogP contribution is -2.02. The van der Waals surface area contributed by atoms with E-state index in [1.165, 1.54) is 0 Å². The highest BCUT2D eigenvalue weighted by atomic mass is 19.2. The Bertz CT molecular complexity index is 624. The summed E-state index contributed by atoms with van der Waals surface area (Å²) in [6.07, 6.45) is 0. The van der Waals surface area contributed by atoms with Crippen molar-refractivity contribution in [1.82, 2.24) is 0 Å². The maximum Gasteiger partial charge on any atom is 0.198 e. The van der Waals surface area contributed by atoms with E-state index in [1.807, 2.05) is 0 Å². The number of halogens is 6. The Morgan fingerprint density at radius 1 is 0.706 bits per heavy atom. The quantitative estimate of drug-likeness (QED) is 0.377. The smallest absolute Gasteiger partial charge is 0.198 e. The van der Waals surface area contributed by atoms with E-state index < -0.39 is 51.2 Å². The Hall–Kier alpha value is -1.72. The van der Waals surface area contributed by atoms with E-state index in [0.29, 0.717) is 6.07 Å². The number of rotatable bonds is 0. The van der Waals surface area contributed by atoms with Gasteiger partial charge < -0.3 is 0 Å². The fraction of sp³-hybridized carbons (Fsp3) is 0.0909. The monoisotopic (exact) mass is 250 g/mol. The maximum absolute atomic E-state index is 13.3. The van der Waals surface area contributed by atoms with Gasteiger partial charge in [0, 0.05) is 10.8 Å². The van der Waals surface area contributed by atoms with Crippen LogP contribution in [0.4, 0.5) is 26.3 Å². The van der Waals surface area contributed by atoms with E-state index >= 15 is 0 Å². The summed E-state index contributed by atoms with van der Waals surface area (Å²) in [5, 5.41) is -1.64. The molecule has 0 aliphatic rings. The fourth-order valence-corrected chi connectivity index (χ4v) is 1.63. The van der Waals surface area contributed by atoms with E-state index in [0.717, 1.165) is 6.92 Å². The number of fused-ring (bicyclic) bond motifs is 1. The zero-order valence-corrected chi connectivity index (χ0v) is 8.35. The van der Waals surface area contributed by atoms with Crippen molar-refractivity contribution < 1.29 is 26.3 Å². The Labute approximate surface area is 91.5 Å². The minimum Gasteiger partial charge on any atom is -0.204 e. The molecule has 0 heterocycles. The van der Waals surface area contributed by atoms with Crippen molar-refractivity contribution in [1.29, 1.82) is 0 Å². The average molecular weight is 250 g/mol. The molecular formula is C11H4F6. The van der Waals surface area contributed by atoms with Crippen LogP contribution in [-0.4, -0.2) is 0 Å². The molecule has 0 aliphatic carbocycles. The molecule has 17 heavy (non-hydrogen) atoms. The van der Waals surface area contributed by atoms with Gasteiger partial charge in [0.2, 0.25) is 0 Å². The van der Waals surface area contributed by atoms with Crippen LogP contribution in [0.15, 0.2) is 6.07 Å². The van der Waals surface area contributed by atoms with Crippen LogP contribution in [0.2, 0.25) is 0 Å². The summed E-state index contributed by atoms with van der Waals surface area (Å²) in [5.41, 5.74) is -0.615. The second-order valence-electron chi connectivity index (χ2n) is 3.48. The van der Waals surface area contributed by atoms with Crippen molar-refractivity contribution in [3.63, 3.8) is 0 Å². The standard InChI is InChI=1S/C11H4F6/c1-3-6-4(2-5(12)7(3)13)8(14)10(16)11(17)9(6)15/h2H,1H3. The summed E-state index contributed by atoms with van der Waals surface area (Å²) < 4.78 is 78.5. The Kier molecular flexibility index (Phi) is 2.52. The summed E-state index contributed by atoms with van der Waals surface area (Å²) in [4.78, 5) is 0. The van der Waals surface area contributed by atoms with Crippen molar-refractivity contribution in [3.8, 4) is 0 Å². The highest BCUT2D eigenvalue weighted by Gasteiger charge is 2.24. The van der Waals surface area contributed by atoms with Gasteiger partial charge in [0.1, 0.15) is 0 Å². The third-order valence-electron chi connectivity index (χ3n) is 2.49. The molecule has 0 unspecified atom stereocenters. The molecule has 0 amide bonds. The van der Waals surface area contributed by atoms with E-state index in [1.54, 1.807) is 0 Å². The molecule has 0 N–H and O–H groups in total. The highest BCUT2D eigenvalue weighted by Crippen LogP contribution is 2.31. The predicted molar refractivity (Wildman–Crippen MR) is 48.4 cm³/mol. The summed E-state index contributed by atoms with van der Waals surface area (Å²) in [7, 11) is 0. The first-order valence-corrected chi connectivity index (χ1v) is 4.46. The maximum atomic E-state index is 13.3. The van der Waals surface area contributed by atoms with E-state index in [-0.39, 0.29) is 0 Å². The first-order chi connectivity index (χ1) is 7.86. The molecule has 0 aliphatic heterocycles. The van der Waals surface area contributed by atoms with Crippen LogP contribution in [0.25, 0.3) is 10.8 Å². The lowest BCUT2D eigenvalue weighted by Gasteiger charge is -2.08. The lowest BCUT2D eigenvalue weighted by molar-refractivity contribution is 0.416. The summed E-state index contributed by atoms with van der Waals surface area (Å²) >= 11 is 0. The molecule has 6 heteroatoms. The Morgan fingerprint density at radius 2 is 1.24 bits per heavy atom. The molecular weight excluding hydrogens is 246 g/mol. The van der Waals surface area contributed by atoms with E-state index in [4.69, 9.17) is 0 Å². The van der Waals surface area contributed by atoms with Gasteiger partial charge in [0.05, 0.1) is 0 Å². The third-order valence-corrected chi connectivity index (χ3v) is 2.49. The number of hydrogen-bond acceptors (Lipinski definition) is 0. The molecule has 0 radical (unpaired) electrons. The van der Waals surface area contributed by atoms with Crippen LogP contribution in [-0.2, 0) is 0 Å². The largest absolute Gasteiger partial charge is 0.204 e. The summed E-state index contributed by atoms with van der Waals surface area (Å²) in [6.45, 7) is 0.945. The van der Waals surface area contributed by atoms with Gasteiger partial charge in [0.15, 0.2) is 34.9 Å². The first kappa shape index (κ1) is 11.8. The Morgan fingerprint density at radius 3 is 1.82 bits per heavy atom. The first-order valence-electron chi connectivity index (χ1n) is 4.46. The molecule has 90 valence electrons. The molecule has 0 aromatic heterocycles. The van der Waals surface area contributed by atoms with Crippen molar-refractivity contribution in [3.05, 3.63) is 46.5 Å². The molecule has 2 rings (SSSR count). The number of hydrogen-bond donors (Lipinski definition) is 0. The van der Waals surface area contributed by atoms with Crippen molar-refractivity contribution >= 4 is 10.8 Å². The van der Waals surface area contributed by atoms with E-state index in [2.05, 4.69) is 0 Å². The van der Waals surface area contributed by atoms with Crippen LogP contribution in [0.1, 0.15) is 5.56 Å². The van der Waals surface area contributed by atoms with Gasteiger partial charge in [0.25, 0.3) is 0 Å². The van der Waals surface area contributed by atoms with E-state index in [9.17, 15) is 26.3 Å². The molecule has 0 saturated heterocycles. The van der Waals surface area contributed by atoms with Gasteiger partial charge in [-0.25, -0.2) is 26.3 Å². The van der Waals surface area contributed by atoms with Gasteiger partial charge in [-0.05, 0) is 18.6 Å². The summed E-state index contributed by atoms with van der Waals surface area (Å²) in [6, 6.07) is 0.290. The van der Waals surface area contributed by atoms with Crippen molar-refractivity contribution in [2.45, 2.75) is 6.92 Å². The zero-order chi connectivity index (χ0) is 12.9. The SMILES string of the molecule is Cc1c(F)c(F)cc2c(F)c(F)c(F)c(F)c12. The topological polar surface area (TPSA) is 0 Å². The average Bonchev–Trinajstić information content (AvgIpc) is 2.30. The molecule has 0 fully saturated rings. The molecule has 0 nitrogen and oxygen atoms in total. The third kappa shape index (κ3) is 1.47. The van der Waals surface area contributed by atoms with Crippen LogP contribution >= 0.6 is 0 Å². The second-order valence-corrected chi connectivity index (χ2v) is 3.48. The van der Waals surface area contributed by atoms with Crippen LogP contribution < -0.4 is 0 Å². The normalized spacial score (nSPS) is 11.2. The predicted octanol–water partition coefficient (Wildman–Crippen LogP) is 3.98. The van der Waals surface area contributed by atoms with Gasteiger partial charge in [-0.2, -0.15) is 0 Å². The molecule has 0 saturated carbocycles. The van der Waals surface area contributed by atoms with Gasteiger partial charge >= 0.3 is 0 Å². The number of aryl methyl sites for hydroxylation is 1. The van der Waals surface area contributed by atoms with Crippen LogP contribution in [0.3, 0.4) is 0 Å². The van der Waals surface area contributed by atoms with Gasteiger partial charge in [-0.3, -0.25) is 0 Å². The Balaban J connectivity index is 3.12. The van der Waals surface area contributed by atoms with Crippen molar-refractivity contribution in [2.24, 2.45) is 0 Å². The lowest BCUT2D eigenvalue weighted by atomic mass is 10.0. The molecule has 2 aromatic rings. The minimum atomic E-state index is -2.06. The fourth-order valence-electron chi connectivity index (χ4n) is 1.63. The minimum absolute atomic E-state index is 0.290. The van der Waals surface area contributed by atoms with Gasteiger partial charge in [-0.1, -0.05) is 0 Å². The molecule has 2 aromatic carbocycles. The van der Waals surface area contributed by atoms with Crippen LogP contribution in [0.5, 0.6) is 0 Å². The molecule has 0 spiro atoms. The molecule has 0 bridgehead atoms. The second kappa shape index (κ2) is 3.65. The number of benzene rings is 2. The molecule has 0 atom stereocenters.